The largest absolute Gasteiger partial charge is 0.496 e. The molecule has 2 aromatic rings. The van der Waals surface area contributed by atoms with E-state index in [9.17, 15) is 4.79 Å². The molecule has 0 atom stereocenters. The number of hydrogen-bond donors (Lipinski definition) is 0. The van der Waals surface area contributed by atoms with Gasteiger partial charge in [-0.2, -0.15) is 0 Å². The van der Waals surface area contributed by atoms with E-state index in [1.165, 1.54) is 0 Å². The lowest BCUT2D eigenvalue weighted by Crippen LogP contribution is -2.13. The van der Waals surface area contributed by atoms with Crippen molar-refractivity contribution in [3.8, 4) is 5.75 Å². The monoisotopic (exact) mass is 416 g/mol. The van der Waals surface area contributed by atoms with Gasteiger partial charge in [0.15, 0.2) is 0 Å². The Balaban J connectivity index is 2.50. The minimum absolute atomic E-state index is 0.0550. The molecule has 26 heavy (non-hydrogen) atoms. The number of methoxy groups -OCH3 is 1. The van der Waals surface area contributed by atoms with E-state index in [1.54, 1.807) is 20.1 Å². The Morgan fingerprint density at radius 3 is 2.38 bits per heavy atom. The highest BCUT2D eigenvalue weighted by Gasteiger charge is 2.21. The average Bonchev–Trinajstić information content (AvgIpc) is 2.59. The fourth-order valence-corrected chi connectivity index (χ4v) is 3.22. The van der Waals surface area contributed by atoms with Gasteiger partial charge in [-0.15, -0.1) is 0 Å². The molecule has 0 amide bonds. The van der Waals surface area contributed by atoms with E-state index < -0.39 is 0 Å². The number of carbonyl (C=O) groups excluding carboxylic acids is 1. The standard InChI is InChI=1S/C22H25BrO3/c1-6-26-21(24)18-10-8-7-9-15(18)11-12-16-13-17(23)14-19(20(16)25-5)22(2,3)4/h7-14H,6H2,1-5H3. The van der Waals surface area contributed by atoms with Crippen LogP contribution in [-0.2, 0) is 10.2 Å². The predicted octanol–water partition coefficient (Wildman–Crippen LogP) is 6.10. The van der Waals surface area contributed by atoms with Gasteiger partial charge in [-0.1, -0.05) is 67.1 Å². The van der Waals surface area contributed by atoms with Gasteiger partial charge in [0.2, 0.25) is 0 Å². The number of benzene rings is 2. The SMILES string of the molecule is CCOC(=O)c1ccccc1C=Cc1cc(Br)cc(C(C)(C)C)c1OC. The third-order valence-corrected chi connectivity index (χ3v) is 4.45. The highest BCUT2D eigenvalue weighted by atomic mass is 79.9. The first-order valence-corrected chi connectivity index (χ1v) is 9.39. The topological polar surface area (TPSA) is 35.5 Å². The maximum absolute atomic E-state index is 12.2. The van der Waals surface area contributed by atoms with Gasteiger partial charge in [0.1, 0.15) is 5.75 Å². The molecule has 0 spiro atoms. The number of rotatable bonds is 5. The first kappa shape index (κ1) is 20.2. The Morgan fingerprint density at radius 1 is 1.12 bits per heavy atom. The summed E-state index contributed by atoms with van der Waals surface area (Å²) in [6.07, 6.45) is 3.89. The average molecular weight is 417 g/mol. The van der Waals surface area contributed by atoms with Crippen molar-refractivity contribution < 1.29 is 14.3 Å². The van der Waals surface area contributed by atoms with Gasteiger partial charge < -0.3 is 9.47 Å². The van der Waals surface area contributed by atoms with E-state index in [0.717, 1.165) is 26.9 Å². The Bertz CT molecular complexity index is 817. The minimum Gasteiger partial charge on any atom is -0.496 e. The zero-order chi connectivity index (χ0) is 19.3. The van der Waals surface area contributed by atoms with Crippen LogP contribution in [0.25, 0.3) is 12.2 Å². The van der Waals surface area contributed by atoms with Crippen LogP contribution in [0.2, 0.25) is 0 Å². The van der Waals surface area contributed by atoms with E-state index >= 15 is 0 Å². The van der Waals surface area contributed by atoms with Gasteiger partial charge in [-0.05, 0) is 36.1 Å². The highest BCUT2D eigenvalue weighted by molar-refractivity contribution is 9.10. The van der Waals surface area contributed by atoms with Crippen molar-refractivity contribution in [3.63, 3.8) is 0 Å². The van der Waals surface area contributed by atoms with Crippen LogP contribution < -0.4 is 4.74 Å². The van der Waals surface area contributed by atoms with Crippen LogP contribution in [0.1, 0.15) is 54.7 Å². The first-order valence-electron chi connectivity index (χ1n) is 8.60. The summed E-state index contributed by atoms with van der Waals surface area (Å²) in [5.74, 6) is 0.523. The first-order chi connectivity index (χ1) is 12.3. The van der Waals surface area contributed by atoms with Crippen molar-refractivity contribution in [3.05, 3.63) is 63.1 Å². The fraction of sp³-hybridized carbons (Fsp3) is 0.318. The molecular weight excluding hydrogens is 392 g/mol. The molecule has 0 aliphatic heterocycles. The van der Waals surface area contributed by atoms with E-state index in [4.69, 9.17) is 9.47 Å². The van der Waals surface area contributed by atoms with Crippen molar-refractivity contribution in [1.29, 1.82) is 0 Å². The van der Waals surface area contributed by atoms with Gasteiger partial charge >= 0.3 is 5.97 Å². The van der Waals surface area contributed by atoms with Crippen LogP contribution in [0.5, 0.6) is 5.75 Å². The third kappa shape index (κ3) is 4.76. The van der Waals surface area contributed by atoms with Gasteiger partial charge in [0.25, 0.3) is 0 Å². The molecule has 2 rings (SSSR count). The second-order valence-corrected chi connectivity index (χ2v) is 7.88. The lowest BCUT2D eigenvalue weighted by molar-refractivity contribution is 0.0526. The molecule has 0 saturated carbocycles. The number of carbonyl (C=O) groups is 1. The zero-order valence-corrected chi connectivity index (χ0v) is 17.5. The Kier molecular flexibility index (Phi) is 6.65. The molecule has 0 bridgehead atoms. The molecule has 0 fully saturated rings. The third-order valence-electron chi connectivity index (χ3n) is 3.99. The van der Waals surface area contributed by atoms with Gasteiger partial charge in [-0.25, -0.2) is 4.79 Å². The van der Waals surface area contributed by atoms with E-state index in [0.29, 0.717) is 12.2 Å². The normalized spacial score (nSPS) is 11.6. The second-order valence-electron chi connectivity index (χ2n) is 6.97. The van der Waals surface area contributed by atoms with Crippen LogP contribution in [0.15, 0.2) is 40.9 Å². The molecule has 0 aromatic heterocycles. The van der Waals surface area contributed by atoms with Crippen LogP contribution >= 0.6 is 15.9 Å². The van der Waals surface area contributed by atoms with Crippen LogP contribution in [0, 0.1) is 0 Å². The molecule has 0 heterocycles. The Hall–Kier alpha value is -2.07. The number of hydrogen-bond acceptors (Lipinski definition) is 3. The summed E-state index contributed by atoms with van der Waals surface area (Å²) in [5, 5.41) is 0. The van der Waals surface area contributed by atoms with Crippen LogP contribution in [-0.4, -0.2) is 19.7 Å². The minimum atomic E-state index is -0.315. The van der Waals surface area contributed by atoms with Crippen molar-refractivity contribution >= 4 is 34.1 Å². The van der Waals surface area contributed by atoms with Crippen LogP contribution in [0.4, 0.5) is 0 Å². The predicted molar refractivity (Wildman–Crippen MR) is 111 cm³/mol. The summed E-state index contributed by atoms with van der Waals surface area (Å²) in [7, 11) is 1.68. The summed E-state index contributed by atoms with van der Waals surface area (Å²) in [6, 6.07) is 11.5. The van der Waals surface area contributed by atoms with E-state index in [2.05, 4.69) is 42.8 Å². The van der Waals surface area contributed by atoms with Crippen LogP contribution in [0.3, 0.4) is 0 Å². The molecular formula is C22H25BrO3. The van der Waals surface area contributed by atoms with Crippen molar-refractivity contribution in [2.24, 2.45) is 0 Å². The van der Waals surface area contributed by atoms with E-state index in [-0.39, 0.29) is 11.4 Å². The summed E-state index contributed by atoms with van der Waals surface area (Å²) < 4.78 is 11.8. The van der Waals surface area contributed by atoms with Crippen molar-refractivity contribution in [2.45, 2.75) is 33.1 Å². The summed E-state index contributed by atoms with van der Waals surface area (Å²) in [5.41, 5.74) is 3.37. The zero-order valence-electron chi connectivity index (χ0n) is 15.9. The van der Waals surface area contributed by atoms with E-state index in [1.807, 2.05) is 36.4 Å². The second kappa shape index (κ2) is 8.54. The molecule has 4 heteroatoms. The molecule has 0 aliphatic rings. The lowest BCUT2D eigenvalue weighted by atomic mass is 9.85. The quantitative estimate of drug-likeness (QED) is 0.436. The number of esters is 1. The smallest absolute Gasteiger partial charge is 0.338 e. The molecule has 0 aliphatic carbocycles. The maximum atomic E-state index is 12.2. The summed E-state index contributed by atoms with van der Waals surface area (Å²) in [4.78, 5) is 12.2. The molecule has 138 valence electrons. The molecule has 2 aromatic carbocycles. The van der Waals surface area contributed by atoms with Gasteiger partial charge in [0, 0.05) is 15.6 Å². The molecule has 0 unspecified atom stereocenters. The molecule has 0 N–H and O–H groups in total. The lowest BCUT2D eigenvalue weighted by Gasteiger charge is -2.24. The van der Waals surface area contributed by atoms with Crippen molar-refractivity contribution in [2.75, 3.05) is 13.7 Å². The highest BCUT2D eigenvalue weighted by Crippen LogP contribution is 2.37. The molecule has 0 saturated heterocycles. The maximum Gasteiger partial charge on any atom is 0.338 e. The Morgan fingerprint density at radius 2 is 1.77 bits per heavy atom. The Labute approximate surface area is 164 Å². The van der Waals surface area contributed by atoms with Crippen molar-refractivity contribution in [1.82, 2.24) is 0 Å². The fourth-order valence-electron chi connectivity index (χ4n) is 2.74. The number of ether oxygens (including phenoxy) is 2. The van der Waals surface area contributed by atoms with Gasteiger partial charge in [0.05, 0.1) is 19.3 Å². The number of halogens is 1. The molecule has 0 radical (unpaired) electrons. The molecule has 3 nitrogen and oxygen atoms in total. The summed E-state index contributed by atoms with van der Waals surface area (Å²) >= 11 is 3.59. The summed E-state index contributed by atoms with van der Waals surface area (Å²) in [6.45, 7) is 8.62. The van der Waals surface area contributed by atoms with Gasteiger partial charge in [-0.3, -0.25) is 0 Å².